The van der Waals surface area contributed by atoms with Gasteiger partial charge in [-0.1, -0.05) is 12.1 Å². The van der Waals surface area contributed by atoms with Crippen LogP contribution >= 0.6 is 0 Å². The molecule has 3 rings (SSSR count). The molecule has 3 heterocycles. The van der Waals surface area contributed by atoms with E-state index in [2.05, 4.69) is 25.3 Å². The van der Waals surface area contributed by atoms with Gasteiger partial charge in [-0.25, -0.2) is 9.97 Å². The highest BCUT2D eigenvalue weighted by atomic mass is 16.6. The number of carbonyl (C=O) groups is 4. The summed E-state index contributed by atoms with van der Waals surface area (Å²) in [7, 11) is 0. The average molecular weight is 428 g/mol. The second-order valence-corrected chi connectivity index (χ2v) is 6.80. The van der Waals surface area contributed by atoms with E-state index in [1.165, 1.54) is 0 Å². The third-order valence-corrected chi connectivity index (χ3v) is 4.49. The molecular formula is C20H20N4O7. The van der Waals surface area contributed by atoms with Gasteiger partial charge in [0.2, 0.25) is 0 Å². The van der Waals surface area contributed by atoms with Crippen molar-refractivity contribution in [3.63, 3.8) is 0 Å². The maximum Gasteiger partial charge on any atom is 0.327 e. The Bertz CT molecular complexity index is 1010. The lowest BCUT2D eigenvalue weighted by Gasteiger charge is -2.17. The second-order valence-electron chi connectivity index (χ2n) is 6.80. The molecule has 0 aromatic carbocycles. The van der Waals surface area contributed by atoms with Crippen LogP contribution in [0.5, 0.6) is 0 Å². The first-order chi connectivity index (χ1) is 14.8. The lowest BCUT2D eigenvalue weighted by Crippen LogP contribution is -2.29. The van der Waals surface area contributed by atoms with Crippen molar-refractivity contribution in [3.8, 4) is 11.4 Å². The summed E-state index contributed by atoms with van der Waals surface area (Å²) in [5, 5.41) is 23.6. The van der Waals surface area contributed by atoms with Crippen LogP contribution in [0.2, 0.25) is 0 Å². The molecule has 31 heavy (non-hydrogen) atoms. The van der Waals surface area contributed by atoms with Gasteiger partial charge in [0, 0.05) is 0 Å². The Morgan fingerprint density at radius 1 is 1.06 bits per heavy atom. The van der Waals surface area contributed by atoms with Crippen LogP contribution < -0.4 is 10.6 Å². The fourth-order valence-corrected chi connectivity index (χ4v) is 3.10. The van der Waals surface area contributed by atoms with Gasteiger partial charge in [-0.05, 0) is 24.3 Å². The van der Waals surface area contributed by atoms with E-state index >= 15 is 0 Å². The number of pyridine rings is 2. The molecule has 1 saturated heterocycles. The molecule has 11 nitrogen and oxygen atoms in total. The number of aromatic nitrogens is 2. The Hall–Kier alpha value is -3.70. The molecule has 162 valence electrons. The fourth-order valence-electron chi connectivity index (χ4n) is 3.10. The van der Waals surface area contributed by atoms with Gasteiger partial charge < -0.3 is 14.9 Å². The summed E-state index contributed by atoms with van der Waals surface area (Å²) < 4.78 is 4.61. The van der Waals surface area contributed by atoms with Gasteiger partial charge in [-0.15, -0.1) is 0 Å². The van der Waals surface area contributed by atoms with Crippen LogP contribution in [0.1, 0.15) is 36.3 Å². The van der Waals surface area contributed by atoms with E-state index in [9.17, 15) is 19.2 Å². The lowest BCUT2D eigenvalue weighted by molar-refractivity contribution is -0.157. The zero-order valence-electron chi connectivity index (χ0n) is 16.3. The van der Waals surface area contributed by atoms with Crippen molar-refractivity contribution >= 4 is 23.9 Å². The fraction of sp³-hybridized carbons (Fsp3) is 0.300. The Morgan fingerprint density at radius 3 is 2.48 bits per heavy atom. The molecule has 1 fully saturated rings. The smallest absolute Gasteiger partial charge is 0.327 e. The molecule has 0 aliphatic carbocycles. The van der Waals surface area contributed by atoms with Crippen LogP contribution in [0.3, 0.4) is 0 Å². The highest BCUT2D eigenvalue weighted by molar-refractivity contribution is 5.87. The molecule has 2 unspecified atom stereocenters. The maximum atomic E-state index is 11.7. The molecule has 0 bridgehead atoms. The molecule has 11 heteroatoms. The number of carboxylic acid groups (broad SMARTS) is 2. The first-order valence-electron chi connectivity index (χ1n) is 9.40. The third-order valence-electron chi connectivity index (χ3n) is 4.49. The molecule has 4 N–H and O–H groups in total. The van der Waals surface area contributed by atoms with E-state index in [-0.39, 0.29) is 19.4 Å². The summed E-state index contributed by atoms with van der Waals surface area (Å²) >= 11 is 0. The number of hydrogen-bond acceptors (Lipinski definition) is 9. The zero-order valence-corrected chi connectivity index (χ0v) is 16.3. The van der Waals surface area contributed by atoms with Gasteiger partial charge in [0.1, 0.15) is 0 Å². The molecule has 0 saturated carbocycles. The van der Waals surface area contributed by atoms with Gasteiger partial charge in [0.05, 0.1) is 60.8 Å². The van der Waals surface area contributed by atoms with Crippen molar-refractivity contribution in [1.82, 2.24) is 20.6 Å². The molecule has 2 aromatic heterocycles. The summed E-state index contributed by atoms with van der Waals surface area (Å²) in [5.74, 6) is -3.52. The van der Waals surface area contributed by atoms with Gasteiger partial charge >= 0.3 is 23.9 Å². The van der Waals surface area contributed by atoms with Crippen LogP contribution in [0.15, 0.2) is 36.4 Å². The number of aliphatic carboxylic acids is 2. The Morgan fingerprint density at radius 2 is 1.77 bits per heavy atom. The van der Waals surface area contributed by atoms with Crippen LogP contribution in [0, 0.1) is 0 Å². The standard InChI is InChI=1S/C20H20N4O7/c25-17(26)7-15(21-9-18(27)28)13-5-1-3-11(23-13)12-4-2-6-14(24-12)16-8-19(29)31-20(30)10-22-16/h1-6,15-16,21-22H,7-10H2,(H,25,26)(H,27,28). The number of nitrogens with zero attached hydrogens (tertiary/aromatic N) is 2. The van der Waals surface area contributed by atoms with Gasteiger partial charge in [-0.3, -0.25) is 29.8 Å². The second kappa shape index (κ2) is 9.87. The summed E-state index contributed by atoms with van der Waals surface area (Å²) in [5.41, 5.74) is 1.79. The van der Waals surface area contributed by atoms with Gasteiger partial charge in [0.25, 0.3) is 0 Å². The van der Waals surface area contributed by atoms with Crippen molar-refractivity contribution in [2.24, 2.45) is 0 Å². The quantitative estimate of drug-likeness (QED) is 0.340. The molecule has 0 amide bonds. The molecule has 2 atom stereocenters. The monoisotopic (exact) mass is 428 g/mol. The number of rotatable bonds is 8. The topological polar surface area (TPSA) is 168 Å². The van der Waals surface area contributed by atoms with E-state index < -0.39 is 42.5 Å². The van der Waals surface area contributed by atoms with Crippen LogP contribution in [-0.4, -0.2) is 57.1 Å². The minimum atomic E-state index is -1.12. The van der Waals surface area contributed by atoms with Crippen LogP contribution in [0.4, 0.5) is 0 Å². The van der Waals surface area contributed by atoms with E-state index in [1.807, 2.05) is 0 Å². The largest absolute Gasteiger partial charge is 0.481 e. The van der Waals surface area contributed by atoms with Crippen molar-refractivity contribution in [2.45, 2.75) is 24.9 Å². The first kappa shape index (κ1) is 22.0. The number of nitrogens with one attached hydrogen (secondary N) is 2. The summed E-state index contributed by atoms with van der Waals surface area (Å²) in [4.78, 5) is 54.2. The average Bonchev–Trinajstić information content (AvgIpc) is 2.91. The van der Waals surface area contributed by atoms with Crippen LogP contribution in [-0.2, 0) is 23.9 Å². The van der Waals surface area contributed by atoms with Crippen molar-refractivity contribution < 1.29 is 34.1 Å². The van der Waals surface area contributed by atoms with E-state index in [1.54, 1.807) is 36.4 Å². The van der Waals surface area contributed by atoms with Gasteiger partial charge in [0.15, 0.2) is 0 Å². The predicted molar refractivity (Wildman–Crippen MR) is 105 cm³/mol. The third kappa shape index (κ3) is 6.14. The SMILES string of the molecule is O=C(O)CNC(CC(=O)O)c1cccc(-c2cccc(C3CC(=O)OC(=O)CN3)n2)n1. The van der Waals surface area contributed by atoms with E-state index in [0.717, 1.165) is 0 Å². The lowest BCUT2D eigenvalue weighted by atomic mass is 10.1. The summed E-state index contributed by atoms with van der Waals surface area (Å²) in [6, 6.07) is 8.77. The van der Waals surface area contributed by atoms with Crippen molar-refractivity contribution in [3.05, 3.63) is 47.8 Å². The molecule has 0 radical (unpaired) electrons. The summed E-state index contributed by atoms with van der Waals surface area (Å²) in [6.07, 6.45) is -0.408. The normalized spacial score (nSPS) is 17.5. The highest BCUT2D eigenvalue weighted by Crippen LogP contribution is 2.23. The Labute approximate surface area is 176 Å². The van der Waals surface area contributed by atoms with E-state index in [0.29, 0.717) is 22.8 Å². The predicted octanol–water partition coefficient (Wildman–Crippen LogP) is 0.438. The molecule has 2 aromatic rings. The number of carbonyl (C=O) groups excluding carboxylic acids is 2. The molecule has 0 spiro atoms. The number of esters is 2. The molecule has 1 aliphatic rings. The summed E-state index contributed by atoms with van der Waals surface area (Å²) in [6.45, 7) is -0.540. The molecular weight excluding hydrogens is 408 g/mol. The molecule has 1 aliphatic heterocycles. The van der Waals surface area contributed by atoms with Gasteiger partial charge in [-0.2, -0.15) is 0 Å². The highest BCUT2D eigenvalue weighted by Gasteiger charge is 2.25. The minimum Gasteiger partial charge on any atom is -0.481 e. The van der Waals surface area contributed by atoms with Crippen molar-refractivity contribution in [1.29, 1.82) is 0 Å². The Balaban J connectivity index is 1.87. The zero-order chi connectivity index (χ0) is 22.4. The number of ether oxygens (including phenoxy) is 1. The van der Waals surface area contributed by atoms with E-state index in [4.69, 9.17) is 10.2 Å². The maximum absolute atomic E-state index is 11.7. The number of hydrogen-bond donors (Lipinski definition) is 4. The van der Waals surface area contributed by atoms with Crippen LogP contribution in [0.25, 0.3) is 11.4 Å². The van der Waals surface area contributed by atoms with Crippen molar-refractivity contribution in [2.75, 3.05) is 13.1 Å². The minimum absolute atomic E-state index is 0.0601. The number of cyclic esters (lactones) is 2. The first-order valence-corrected chi connectivity index (χ1v) is 9.40. The Kier molecular flexibility index (Phi) is 7.00. The number of carboxylic acids is 2.